The van der Waals surface area contributed by atoms with Crippen molar-refractivity contribution in [2.45, 2.75) is 25.3 Å². The monoisotopic (exact) mass is 299 g/mol. The number of anilines is 1. The molecule has 0 radical (unpaired) electrons. The topological polar surface area (TPSA) is 130 Å². The summed E-state index contributed by atoms with van der Waals surface area (Å²) in [7, 11) is -3.83. The van der Waals surface area contributed by atoms with Gasteiger partial charge in [-0.25, -0.2) is 8.42 Å². The number of nitrogens with one attached hydrogen (secondary N) is 2. The van der Waals surface area contributed by atoms with Crippen molar-refractivity contribution in [1.29, 1.82) is 0 Å². The standard InChI is InChI=1S/C10H13N5O4S/c1-6-10(7(2)13-12-6)14-20(18,19)8-3-11-15(4-8)5-9(16)17/h3-4,14H,5H2,1-2H3,(H,12,13)(H,16,17). The molecule has 2 rings (SSSR count). The molecule has 2 aromatic rings. The zero-order chi connectivity index (χ0) is 14.9. The second-order valence-corrected chi connectivity index (χ2v) is 5.86. The van der Waals surface area contributed by atoms with Crippen molar-refractivity contribution >= 4 is 21.7 Å². The number of aromatic nitrogens is 4. The number of aryl methyl sites for hydroxylation is 2. The van der Waals surface area contributed by atoms with Gasteiger partial charge in [-0.15, -0.1) is 0 Å². The minimum Gasteiger partial charge on any atom is -0.480 e. The largest absolute Gasteiger partial charge is 0.480 e. The van der Waals surface area contributed by atoms with Crippen LogP contribution < -0.4 is 4.72 Å². The number of rotatable bonds is 5. The molecule has 0 unspecified atom stereocenters. The number of aromatic amines is 1. The van der Waals surface area contributed by atoms with Crippen molar-refractivity contribution in [3.05, 3.63) is 23.8 Å². The van der Waals surface area contributed by atoms with Crippen molar-refractivity contribution < 1.29 is 18.3 Å². The third-order valence-electron chi connectivity index (χ3n) is 2.58. The molecule has 0 fully saturated rings. The number of carbonyl (C=O) groups is 1. The van der Waals surface area contributed by atoms with Crippen molar-refractivity contribution in [2.24, 2.45) is 0 Å². The number of hydrogen-bond acceptors (Lipinski definition) is 5. The molecule has 0 aliphatic rings. The van der Waals surface area contributed by atoms with Gasteiger partial charge < -0.3 is 5.11 Å². The van der Waals surface area contributed by atoms with E-state index < -0.39 is 22.5 Å². The Balaban J connectivity index is 2.27. The van der Waals surface area contributed by atoms with E-state index in [1.807, 2.05) is 0 Å². The lowest BCUT2D eigenvalue weighted by molar-refractivity contribution is -0.137. The molecule has 20 heavy (non-hydrogen) atoms. The van der Waals surface area contributed by atoms with Crippen LogP contribution in [-0.4, -0.2) is 39.5 Å². The summed E-state index contributed by atoms with van der Waals surface area (Å²) >= 11 is 0. The third kappa shape index (κ3) is 2.79. The van der Waals surface area contributed by atoms with E-state index in [4.69, 9.17) is 5.11 Å². The molecule has 0 aliphatic heterocycles. The summed E-state index contributed by atoms with van der Waals surface area (Å²) in [5, 5.41) is 18.9. The Labute approximate surface area is 114 Å². The Kier molecular flexibility index (Phi) is 3.49. The van der Waals surface area contributed by atoms with Crippen LogP contribution in [0.3, 0.4) is 0 Å². The number of nitrogens with zero attached hydrogens (tertiary/aromatic N) is 3. The first-order valence-electron chi connectivity index (χ1n) is 5.58. The fraction of sp³-hybridized carbons (Fsp3) is 0.300. The minimum absolute atomic E-state index is 0.112. The van der Waals surface area contributed by atoms with Gasteiger partial charge in [-0.2, -0.15) is 10.2 Å². The Morgan fingerprint density at radius 2 is 2.20 bits per heavy atom. The van der Waals surface area contributed by atoms with Crippen molar-refractivity contribution in [1.82, 2.24) is 20.0 Å². The third-order valence-corrected chi connectivity index (χ3v) is 3.89. The second-order valence-electron chi connectivity index (χ2n) is 4.18. The van der Waals surface area contributed by atoms with Crippen molar-refractivity contribution in [2.75, 3.05) is 4.72 Å². The molecule has 3 N–H and O–H groups in total. The quantitative estimate of drug-likeness (QED) is 0.718. The maximum atomic E-state index is 12.1. The van der Waals surface area contributed by atoms with Crippen LogP contribution in [0.1, 0.15) is 11.4 Å². The maximum absolute atomic E-state index is 12.1. The summed E-state index contributed by atoms with van der Waals surface area (Å²) in [6, 6.07) is 0. The number of aliphatic carboxylic acids is 1. The van der Waals surface area contributed by atoms with Crippen LogP contribution in [0.2, 0.25) is 0 Å². The van der Waals surface area contributed by atoms with E-state index in [1.54, 1.807) is 13.8 Å². The first-order valence-corrected chi connectivity index (χ1v) is 7.06. The summed E-state index contributed by atoms with van der Waals surface area (Å²) in [6.07, 6.45) is 2.25. The Morgan fingerprint density at radius 1 is 1.50 bits per heavy atom. The molecule has 2 aromatic heterocycles. The number of H-pyrrole nitrogens is 1. The first-order chi connectivity index (χ1) is 9.29. The summed E-state index contributed by atoms with van der Waals surface area (Å²) in [5.41, 5.74) is 1.48. The van der Waals surface area contributed by atoms with Crippen LogP contribution in [0.4, 0.5) is 5.69 Å². The zero-order valence-electron chi connectivity index (χ0n) is 10.8. The van der Waals surface area contributed by atoms with Gasteiger partial charge in [0.05, 0.1) is 23.3 Å². The van der Waals surface area contributed by atoms with Crippen LogP contribution in [0.5, 0.6) is 0 Å². The predicted octanol–water partition coefficient (Wildman–Crippen LogP) is 0.108. The van der Waals surface area contributed by atoms with Gasteiger partial charge in [-0.3, -0.25) is 19.3 Å². The number of hydrogen-bond donors (Lipinski definition) is 3. The van der Waals surface area contributed by atoms with E-state index in [-0.39, 0.29) is 4.90 Å². The first kappa shape index (κ1) is 14.1. The van der Waals surface area contributed by atoms with E-state index in [9.17, 15) is 13.2 Å². The highest BCUT2D eigenvalue weighted by Crippen LogP contribution is 2.20. The lowest BCUT2D eigenvalue weighted by atomic mass is 10.3. The van der Waals surface area contributed by atoms with E-state index in [2.05, 4.69) is 20.0 Å². The highest BCUT2D eigenvalue weighted by atomic mass is 32.2. The summed E-state index contributed by atoms with van der Waals surface area (Å²) < 4.78 is 27.7. The van der Waals surface area contributed by atoms with E-state index in [1.165, 1.54) is 0 Å². The highest BCUT2D eigenvalue weighted by molar-refractivity contribution is 7.92. The van der Waals surface area contributed by atoms with Crippen LogP contribution in [-0.2, 0) is 21.4 Å². The predicted molar refractivity (Wildman–Crippen MR) is 68.7 cm³/mol. The molecule has 0 aromatic carbocycles. The molecule has 0 bridgehead atoms. The molecule has 9 nitrogen and oxygen atoms in total. The molecule has 0 aliphatic carbocycles. The fourth-order valence-corrected chi connectivity index (χ4v) is 2.74. The van der Waals surface area contributed by atoms with Crippen LogP contribution in [0, 0.1) is 13.8 Å². The molecule has 0 atom stereocenters. The molecule has 10 heteroatoms. The molecular formula is C10H13N5O4S. The molecule has 108 valence electrons. The molecule has 0 amide bonds. The van der Waals surface area contributed by atoms with Gasteiger partial charge in [0.2, 0.25) is 0 Å². The van der Waals surface area contributed by atoms with Crippen LogP contribution in [0.25, 0.3) is 0 Å². The van der Waals surface area contributed by atoms with Gasteiger partial charge in [0, 0.05) is 6.20 Å². The Morgan fingerprint density at radius 3 is 2.75 bits per heavy atom. The van der Waals surface area contributed by atoms with Gasteiger partial charge >= 0.3 is 5.97 Å². The molecule has 0 saturated heterocycles. The van der Waals surface area contributed by atoms with E-state index >= 15 is 0 Å². The second kappa shape index (κ2) is 4.96. The number of carboxylic acid groups (broad SMARTS) is 1. The molecule has 0 saturated carbocycles. The van der Waals surface area contributed by atoms with Gasteiger partial charge in [0.25, 0.3) is 10.0 Å². The van der Waals surface area contributed by atoms with Crippen LogP contribution in [0.15, 0.2) is 17.3 Å². The van der Waals surface area contributed by atoms with Gasteiger partial charge in [0.1, 0.15) is 11.4 Å². The van der Waals surface area contributed by atoms with Gasteiger partial charge in [-0.05, 0) is 13.8 Å². The number of sulfonamides is 1. The van der Waals surface area contributed by atoms with E-state index in [0.29, 0.717) is 17.1 Å². The Hall–Kier alpha value is -2.36. The molecule has 2 heterocycles. The van der Waals surface area contributed by atoms with Crippen LogP contribution >= 0.6 is 0 Å². The minimum atomic E-state index is -3.83. The summed E-state index contributed by atoms with van der Waals surface area (Å²) in [6.45, 7) is 2.94. The summed E-state index contributed by atoms with van der Waals surface area (Å²) in [4.78, 5) is 10.4. The molecule has 0 spiro atoms. The SMILES string of the molecule is Cc1n[nH]c(C)c1NS(=O)(=O)c1cnn(CC(=O)O)c1. The van der Waals surface area contributed by atoms with E-state index in [0.717, 1.165) is 17.1 Å². The van der Waals surface area contributed by atoms with Crippen molar-refractivity contribution in [3.8, 4) is 0 Å². The average molecular weight is 299 g/mol. The lowest BCUT2D eigenvalue weighted by Gasteiger charge is -2.05. The maximum Gasteiger partial charge on any atom is 0.325 e. The lowest BCUT2D eigenvalue weighted by Crippen LogP contribution is -2.14. The smallest absolute Gasteiger partial charge is 0.325 e. The summed E-state index contributed by atoms with van der Waals surface area (Å²) in [5.74, 6) is -1.11. The highest BCUT2D eigenvalue weighted by Gasteiger charge is 2.20. The Bertz CT molecular complexity index is 726. The average Bonchev–Trinajstić information content (AvgIpc) is 2.91. The van der Waals surface area contributed by atoms with Gasteiger partial charge in [-0.1, -0.05) is 0 Å². The zero-order valence-corrected chi connectivity index (χ0v) is 11.6. The number of carboxylic acids is 1. The molecular weight excluding hydrogens is 286 g/mol. The van der Waals surface area contributed by atoms with Crippen molar-refractivity contribution in [3.63, 3.8) is 0 Å². The normalized spacial score (nSPS) is 11.5. The van der Waals surface area contributed by atoms with Gasteiger partial charge in [0.15, 0.2) is 0 Å². The fourth-order valence-electron chi connectivity index (χ4n) is 1.60.